The quantitative estimate of drug-likeness (QED) is 0.282. The molecule has 0 unspecified atom stereocenters. The number of nitrogens with one attached hydrogen (secondary N) is 2. The number of hydrogen-bond donors (Lipinski definition) is 2. The highest BCUT2D eigenvalue weighted by Crippen LogP contribution is 2.17. The minimum atomic E-state index is -0.232. The molecule has 1 amide bonds. The van der Waals surface area contributed by atoms with Gasteiger partial charge in [0.05, 0.1) is 26.5 Å². The van der Waals surface area contributed by atoms with Gasteiger partial charge < -0.3 is 29.4 Å². The molecule has 0 atom stereocenters. The first-order valence-corrected chi connectivity index (χ1v) is 11.2. The summed E-state index contributed by atoms with van der Waals surface area (Å²) in [6.07, 6.45) is 3.91. The number of carbonyl (C=O) groups excluding carboxylic acids is 1. The van der Waals surface area contributed by atoms with Gasteiger partial charge in [0.25, 0.3) is 0 Å². The van der Waals surface area contributed by atoms with Crippen molar-refractivity contribution < 1.29 is 18.7 Å². The van der Waals surface area contributed by atoms with Crippen molar-refractivity contribution in [3.63, 3.8) is 0 Å². The number of nitrogens with zero attached hydrogens (tertiary/aromatic N) is 2. The number of rotatable bonds is 8. The lowest BCUT2D eigenvalue weighted by atomic mass is 10.1. The second kappa shape index (κ2) is 14.0. The Morgan fingerprint density at radius 2 is 2.06 bits per heavy atom. The van der Waals surface area contributed by atoms with E-state index in [0.29, 0.717) is 32.8 Å². The first-order chi connectivity index (χ1) is 15.6. The normalized spacial score (nSPS) is 14.4. The summed E-state index contributed by atoms with van der Waals surface area (Å²) >= 11 is 0. The Balaban J connectivity index is 0.00000385. The number of guanidine groups is 1. The molecule has 8 nitrogen and oxygen atoms in total. The average Bonchev–Trinajstić information content (AvgIpc) is 3.31. The summed E-state index contributed by atoms with van der Waals surface area (Å²) in [5.41, 5.74) is 2.23. The molecule has 0 spiro atoms. The van der Waals surface area contributed by atoms with Crippen LogP contribution in [-0.4, -0.2) is 56.3 Å². The molecule has 2 heterocycles. The number of benzene rings is 1. The van der Waals surface area contributed by atoms with Gasteiger partial charge >= 0.3 is 6.09 Å². The van der Waals surface area contributed by atoms with Crippen LogP contribution in [0, 0.1) is 6.92 Å². The van der Waals surface area contributed by atoms with Crippen LogP contribution in [0.3, 0.4) is 0 Å². The lowest BCUT2D eigenvalue weighted by molar-refractivity contribution is 0.0963. The molecule has 0 aliphatic carbocycles. The Bertz CT molecular complexity index is 881. The second-order valence-electron chi connectivity index (χ2n) is 7.88. The molecular weight excluding hydrogens is 535 g/mol. The molecule has 33 heavy (non-hydrogen) atoms. The lowest BCUT2D eigenvalue weighted by Crippen LogP contribution is -2.50. The third kappa shape index (κ3) is 8.79. The number of amides is 1. The summed E-state index contributed by atoms with van der Waals surface area (Å²) in [6.45, 7) is 6.86. The third-order valence-electron chi connectivity index (χ3n) is 5.37. The Morgan fingerprint density at radius 1 is 1.27 bits per heavy atom. The zero-order valence-electron chi connectivity index (χ0n) is 19.6. The maximum atomic E-state index is 11.9. The van der Waals surface area contributed by atoms with Crippen LogP contribution < -0.4 is 15.4 Å². The Morgan fingerprint density at radius 3 is 2.73 bits per heavy atom. The van der Waals surface area contributed by atoms with Crippen molar-refractivity contribution >= 4 is 36.0 Å². The molecule has 0 saturated carbocycles. The molecule has 1 aromatic heterocycles. The Labute approximate surface area is 213 Å². The van der Waals surface area contributed by atoms with E-state index in [1.54, 1.807) is 18.3 Å². The minimum absolute atomic E-state index is 0. The maximum Gasteiger partial charge on any atom is 0.409 e. The summed E-state index contributed by atoms with van der Waals surface area (Å²) in [6, 6.07) is 10.2. The fourth-order valence-electron chi connectivity index (χ4n) is 3.73. The zero-order chi connectivity index (χ0) is 22.8. The van der Waals surface area contributed by atoms with Gasteiger partial charge in [0.1, 0.15) is 11.5 Å². The SMILES string of the molecule is CCOC(=O)N1CCC(NC(=NCc2cc(C)cc(OC)c2)NCCc2ccco2)CC1.I. The van der Waals surface area contributed by atoms with Gasteiger partial charge in [-0.1, -0.05) is 6.07 Å². The van der Waals surface area contributed by atoms with Crippen molar-refractivity contribution in [3.8, 4) is 5.75 Å². The van der Waals surface area contributed by atoms with Gasteiger partial charge in [-0.2, -0.15) is 0 Å². The summed E-state index contributed by atoms with van der Waals surface area (Å²) < 4.78 is 15.9. The predicted molar refractivity (Wildman–Crippen MR) is 139 cm³/mol. The number of piperidine rings is 1. The van der Waals surface area contributed by atoms with Crippen molar-refractivity contribution in [2.45, 2.75) is 45.7 Å². The van der Waals surface area contributed by atoms with Gasteiger partial charge in [-0.25, -0.2) is 9.79 Å². The van der Waals surface area contributed by atoms with Crippen molar-refractivity contribution in [2.24, 2.45) is 4.99 Å². The second-order valence-corrected chi connectivity index (χ2v) is 7.88. The molecule has 1 fully saturated rings. The standard InChI is InChI=1S/C24H34N4O4.HI/c1-4-31-24(29)28-11-8-20(9-12-28)27-23(25-10-7-21-6-5-13-32-21)26-17-19-14-18(2)15-22(16-19)30-3;/h5-6,13-16,20H,4,7-12,17H2,1-3H3,(H2,25,26,27);1H. The average molecular weight is 570 g/mol. The number of ether oxygens (including phenoxy) is 2. The topological polar surface area (TPSA) is 88.3 Å². The molecule has 182 valence electrons. The van der Waals surface area contributed by atoms with Crippen molar-refractivity contribution in [1.29, 1.82) is 0 Å². The third-order valence-corrected chi connectivity index (χ3v) is 5.37. The van der Waals surface area contributed by atoms with E-state index in [4.69, 9.17) is 18.9 Å². The van der Waals surface area contributed by atoms with E-state index in [1.807, 2.05) is 38.1 Å². The Hall–Kier alpha value is -2.43. The van der Waals surface area contributed by atoms with Crippen LogP contribution in [0.25, 0.3) is 0 Å². The number of carbonyl (C=O) groups is 1. The largest absolute Gasteiger partial charge is 0.497 e. The monoisotopic (exact) mass is 570 g/mol. The number of methoxy groups -OCH3 is 1. The first-order valence-electron chi connectivity index (χ1n) is 11.2. The van der Waals surface area contributed by atoms with Gasteiger partial charge in [-0.05, 0) is 62.1 Å². The van der Waals surface area contributed by atoms with Gasteiger partial charge in [0, 0.05) is 32.1 Å². The van der Waals surface area contributed by atoms with E-state index >= 15 is 0 Å². The number of aliphatic imine (C=N–C) groups is 1. The van der Waals surface area contributed by atoms with Crippen LogP contribution in [0.15, 0.2) is 46.0 Å². The van der Waals surface area contributed by atoms with Gasteiger partial charge in [0.2, 0.25) is 0 Å². The van der Waals surface area contributed by atoms with Crippen LogP contribution in [-0.2, 0) is 17.7 Å². The number of likely N-dealkylation sites (tertiary alicyclic amines) is 1. The highest BCUT2D eigenvalue weighted by molar-refractivity contribution is 14.0. The fourth-order valence-corrected chi connectivity index (χ4v) is 3.73. The lowest BCUT2D eigenvalue weighted by Gasteiger charge is -2.32. The summed E-state index contributed by atoms with van der Waals surface area (Å²) in [5.74, 6) is 2.52. The molecule has 0 radical (unpaired) electrons. The molecule has 2 aromatic rings. The molecule has 1 saturated heterocycles. The van der Waals surface area contributed by atoms with Crippen LogP contribution in [0.2, 0.25) is 0 Å². The van der Waals surface area contributed by atoms with Crippen LogP contribution in [0.1, 0.15) is 36.7 Å². The predicted octanol–water partition coefficient (Wildman–Crippen LogP) is 4.11. The summed E-state index contributed by atoms with van der Waals surface area (Å²) in [4.78, 5) is 18.5. The number of hydrogen-bond acceptors (Lipinski definition) is 5. The van der Waals surface area contributed by atoms with E-state index in [2.05, 4.69) is 16.7 Å². The number of aryl methyl sites for hydroxylation is 1. The Kier molecular flexibility index (Phi) is 11.4. The highest BCUT2D eigenvalue weighted by Gasteiger charge is 2.24. The van der Waals surface area contributed by atoms with Gasteiger partial charge in [0.15, 0.2) is 5.96 Å². The smallest absolute Gasteiger partial charge is 0.409 e. The van der Waals surface area contributed by atoms with E-state index in [0.717, 1.165) is 47.9 Å². The van der Waals surface area contributed by atoms with Crippen molar-refractivity contribution in [1.82, 2.24) is 15.5 Å². The molecule has 1 aromatic carbocycles. The minimum Gasteiger partial charge on any atom is -0.497 e. The highest BCUT2D eigenvalue weighted by atomic mass is 127. The number of furan rings is 1. The maximum absolute atomic E-state index is 11.9. The molecule has 0 bridgehead atoms. The van der Waals surface area contributed by atoms with Gasteiger partial charge in [-0.15, -0.1) is 24.0 Å². The fraction of sp³-hybridized carbons (Fsp3) is 0.500. The van der Waals surface area contributed by atoms with Crippen LogP contribution in [0.4, 0.5) is 4.79 Å². The van der Waals surface area contributed by atoms with E-state index in [9.17, 15) is 4.79 Å². The number of halogens is 1. The van der Waals surface area contributed by atoms with Crippen molar-refractivity contribution in [3.05, 3.63) is 53.5 Å². The first kappa shape index (κ1) is 26.8. The molecule has 9 heteroatoms. The van der Waals surface area contributed by atoms with E-state index in [-0.39, 0.29) is 36.1 Å². The summed E-state index contributed by atoms with van der Waals surface area (Å²) in [7, 11) is 1.67. The zero-order valence-corrected chi connectivity index (χ0v) is 22.0. The van der Waals surface area contributed by atoms with E-state index in [1.165, 1.54) is 0 Å². The molecule has 2 N–H and O–H groups in total. The molecule has 1 aliphatic heterocycles. The molecular formula is C24H35IN4O4. The molecule has 1 aliphatic rings. The molecule has 3 rings (SSSR count). The summed E-state index contributed by atoms with van der Waals surface area (Å²) in [5, 5.41) is 6.95. The van der Waals surface area contributed by atoms with Crippen LogP contribution >= 0.6 is 24.0 Å². The van der Waals surface area contributed by atoms with E-state index < -0.39 is 0 Å². The van der Waals surface area contributed by atoms with Gasteiger partial charge in [-0.3, -0.25) is 0 Å². The van der Waals surface area contributed by atoms with Crippen molar-refractivity contribution in [2.75, 3.05) is 33.4 Å². The van der Waals surface area contributed by atoms with Crippen LogP contribution in [0.5, 0.6) is 5.75 Å².